The maximum absolute atomic E-state index is 12.8. The van der Waals surface area contributed by atoms with E-state index in [4.69, 9.17) is 9.47 Å². The SMILES string of the molecule is Cc1ccc(CN2C(=O)COc3ccc(C(=O)N4CCOCC4)cc32)cc1. The van der Waals surface area contributed by atoms with Crippen molar-refractivity contribution in [3.63, 3.8) is 0 Å². The summed E-state index contributed by atoms with van der Waals surface area (Å²) in [6.45, 7) is 4.76. The van der Waals surface area contributed by atoms with Gasteiger partial charge in [0, 0.05) is 18.7 Å². The number of hydrogen-bond donors (Lipinski definition) is 0. The zero-order chi connectivity index (χ0) is 18.8. The van der Waals surface area contributed by atoms with E-state index in [2.05, 4.69) is 0 Å². The standard InChI is InChI=1S/C21H22N2O4/c1-15-2-4-16(5-3-15)13-23-18-12-17(6-7-19(18)27-14-20(23)24)21(25)22-8-10-26-11-9-22/h2-7,12H,8-11,13-14H2,1H3. The number of ether oxygens (including phenoxy) is 2. The molecule has 2 heterocycles. The van der Waals surface area contributed by atoms with Gasteiger partial charge in [0.2, 0.25) is 0 Å². The molecule has 0 aromatic heterocycles. The average molecular weight is 366 g/mol. The fourth-order valence-electron chi connectivity index (χ4n) is 3.33. The Morgan fingerprint density at radius 2 is 1.81 bits per heavy atom. The quantitative estimate of drug-likeness (QED) is 0.837. The summed E-state index contributed by atoms with van der Waals surface area (Å²) in [5.74, 6) is 0.466. The number of nitrogens with zero attached hydrogens (tertiary/aromatic N) is 2. The fraction of sp³-hybridized carbons (Fsp3) is 0.333. The molecule has 0 atom stereocenters. The van der Waals surface area contributed by atoms with Crippen molar-refractivity contribution in [2.75, 3.05) is 37.8 Å². The molecule has 0 spiro atoms. The first-order chi connectivity index (χ1) is 13.1. The van der Waals surface area contributed by atoms with Gasteiger partial charge >= 0.3 is 0 Å². The van der Waals surface area contributed by atoms with E-state index in [0.717, 1.165) is 5.56 Å². The summed E-state index contributed by atoms with van der Waals surface area (Å²) < 4.78 is 10.9. The lowest BCUT2D eigenvalue weighted by Gasteiger charge is -2.31. The first kappa shape index (κ1) is 17.5. The molecular weight excluding hydrogens is 344 g/mol. The van der Waals surface area contributed by atoms with E-state index in [0.29, 0.717) is 49.8 Å². The minimum absolute atomic E-state index is 0.00954. The van der Waals surface area contributed by atoms with E-state index in [1.165, 1.54) is 5.56 Å². The molecule has 1 saturated heterocycles. The Balaban J connectivity index is 1.62. The molecule has 6 heteroatoms. The lowest BCUT2D eigenvalue weighted by atomic mass is 10.1. The second-order valence-corrected chi connectivity index (χ2v) is 6.84. The summed E-state index contributed by atoms with van der Waals surface area (Å²) in [7, 11) is 0. The van der Waals surface area contributed by atoms with Crippen molar-refractivity contribution in [3.8, 4) is 5.75 Å². The highest BCUT2D eigenvalue weighted by Gasteiger charge is 2.28. The molecule has 0 unspecified atom stereocenters. The Hall–Kier alpha value is -2.86. The summed E-state index contributed by atoms with van der Waals surface area (Å²) in [5.41, 5.74) is 3.41. The molecule has 0 radical (unpaired) electrons. The monoisotopic (exact) mass is 366 g/mol. The topological polar surface area (TPSA) is 59.1 Å². The van der Waals surface area contributed by atoms with Crippen molar-refractivity contribution in [2.45, 2.75) is 13.5 Å². The molecule has 0 N–H and O–H groups in total. The van der Waals surface area contributed by atoms with Crippen LogP contribution in [0.25, 0.3) is 0 Å². The van der Waals surface area contributed by atoms with Crippen LogP contribution in [0.15, 0.2) is 42.5 Å². The highest BCUT2D eigenvalue weighted by Crippen LogP contribution is 2.34. The van der Waals surface area contributed by atoms with Crippen LogP contribution in [-0.2, 0) is 16.1 Å². The van der Waals surface area contributed by atoms with Gasteiger partial charge < -0.3 is 19.3 Å². The van der Waals surface area contributed by atoms with E-state index in [9.17, 15) is 9.59 Å². The van der Waals surface area contributed by atoms with Crippen molar-refractivity contribution >= 4 is 17.5 Å². The van der Waals surface area contributed by atoms with Gasteiger partial charge in [-0.3, -0.25) is 9.59 Å². The molecule has 0 saturated carbocycles. The molecule has 140 valence electrons. The van der Waals surface area contributed by atoms with Gasteiger partial charge in [0.1, 0.15) is 5.75 Å². The molecule has 2 aromatic rings. The number of morpholine rings is 1. The first-order valence-corrected chi connectivity index (χ1v) is 9.11. The zero-order valence-corrected chi connectivity index (χ0v) is 15.3. The Kier molecular flexibility index (Phi) is 4.81. The van der Waals surface area contributed by atoms with E-state index in [1.54, 1.807) is 28.0 Å². The molecule has 2 aliphatic rings. The van der Waals surface area contributed by atoms with E-state index >= 15 is 0 Å². The molecule has 2 aromatic carbocycles. The maximum atomic E-state index is 12.8. The second kappa shape index (κ2) is 7.40. The predicted octanol–water partition coefficient (Wildman–Crippen LogP) is 2.39. The molecule has 4 rings (SSSR count). The number of benzene rings is 2. The minimum atomic E-state index is -0.112. The van der Waals surface area contributed by atoms with Crippen molar-refractivity contribution in [3.05, 3.63) is 59.2 Å². The van der Waals surface area contributed by atoms with Crippen LogP contribution in [0, 0.1) is 6.92 Å². The minimum Gasteiger partial charge on any atom is -0.482 e. The third kappa shape index (κ3) is 3.66. The molecule has 2 aliphatic heterocycles. The van der Waals surface area contributed by atoms with Gasteiger partial charge in [-0.15, -0.1) is 0 Å². The summed E-state index contributed by atoms with van der Waals surface area (Å²) in [6.07, 6.45) is 0. The summed E-state index contributed by atoms with van der Waals surface area (Å²) in [5, 5.41) is 0. The first-order valence-electron chi connectivity index (χ1n) is 9.11. The van der Waals surface area contributed by atoms with Gasteiger partial charge in [0.05, 0.1) is 25.4 Å². The number of carbonyl (C=O) groups excluding carboxylic acids is 2. The predicted molar refractivity (Wildman–Crippen MR) is 101 cm³/mol. The van der Waals surface area contributed by atoms with E-state index in [-0.39, 0.29) is 18.4 Å². The van der Waals surface area contributed by atoms with Gasteiger partial charge in [0.25, 0.3) is 11.8 Å². The molecule has 6 nitrogen and oxygen atoms in total. The van der Waals surface area contributed by atoms with Crippen LogP contribution in [0.4, 0.5) is 5.69 Å². The Bertz CT molecular complexity index is 857. The lowest BCUT2D eigenvalue weighted by Crippen LogP contribution is -2.41. The summed E-state index contributed by atoms with van der Waals surface area (Å²) in [6, 6.07) is 13.4. The normalized spacial score (nSPS) is 16.7. The number of carbonyl (C=O) groups is 2. The van der Waals surface area contributed by atoms with Gasteiger partial charge in [-0.2, -0.15) is 0 Å². The Morgan fingerprint density at radius 3 is 2.56 bits per heavy atom. The summed E-state index contributed by atoms with van der Waals surface area (Å²) >= 11 is 0. The molecule has 0 bridgehead atoms. The number of amides is 2. The van der Waals surface area contributed by atoms with Gasteiger partial charge in [-0.25, -0.2) is 0 Å². The second-order valence-electron chi connectivity index (χ2n) is 6.84. The third-order valence-corrected chi connectivity index (χ3v) is 4.91. The van der Waals surface area contributed by atoms with Crippen molar-refractivity contribution in [1.29, 1.82) is 0 Å². The van der Waals surface area contributed by atoms with Crippen LogP contribution in [-0.4, -0.2) is 49.6 Å². The number of anilines is 1. The van der Waals surface area contributed by atoms with Gasteiger partial charge in [-0.1, -0.05) is 29.8 Å². The largest absolute Gasteiger partial charge is 0.482 e. The van der Waals surface area contributed by atoms with Crippen LogP contribution in [0.3, 0.4) is 0 Å². The Labute approximate surface area is 158 Å². The van der Waals surface area contributed by atoms with Crippen molar-refractivity contribution in [1.82, 2.24) is 4.90 Å². The van der Waals surface area contributed by atoms with Crippen LogP contribution in [0.2, 0.25) is 0 Å². The molecule has 27 heavy (non-hydrogen) atoms. The summed E-state index contributed by atoms with van der Waals surface area (Å²) in [4.78, 5) is 28.8. The van der Waals surface area contributed by atoms with Crippen LogP contribution in [0.1, 0.15) is 21.5 Å². The molecule has 2 amide bonds. The van der Waals surface area contributed by atoms with Crippen molar-refractivity contribution in [2.24, 2.45) is 0 Å². The van der Waals surface area contributed by atoms with Crippen LogP contribution in [0.5, 0.6) is 5.75 Å². The maximum Gasteiger partial charge on any atom is 0.265 e. The van der Waals surface area contributed by atoms with Crippen molar-refractivity contribution < 1.29 is 19.1 Å². The van der Waals surface area contributed by atoms with Gasteiger partial charge in [-0.05, 0) is 30.7 Å². The number of aryl methyl sites for hydroxylation is 1. The smallest absolute Gasteiger partial charge is 0.265 e. The number of fused-ring (bicyclic) bond motifs is 1. The highest BCUT2D eigenvalue weighted by atomic mass is 16.5. The molecule has 1 fully saturated rings. The average Bonchev–Trinajstić information content (AvgIpc) is 2.71. The lowest BCUT2D eigenvalue weighted by molar-refractivity contribution is -0.121. The van der Waals surface area contributed by atoms with Crippen LogP contribution < -0.4 is 9.64 Å². The van der Waals surface area contributed by atoms with Crippen LogP contribution >= 0.6 is 0 Å². The molecular formula is C21H22N2O4. The third-order valence-electron chi connectivity index (χ3n) is 4.91. The zero-order valence-electron chi connectivity index (χ0n) is 15.3. The van der Waals surface area contributed by atoms with E-state index in [1.807, 2.05) is 31.2 Å². The van der Waals surface area contributed by atoms with Gasteiger partial charge in [0.15, 0.2) is 6.61 Å². The molecule has 0 aliphatic carbocycles. The number of rotatable bonds is 3. The highest BCUT2D eigenvalue weighted by molar-refractivity contribution is 6.01. The fourth-order valence-corrected chi connectivity index (χ4v) is 3.33. The Morgan fingerprint density at radius 1 is 1.07 bits per heavy atom. The number of hydrogen-bond acceptors (Lipinski definition) is 4. The van der Waals surface area contributed by atoms with E-state index < -0.39 is 0 Å².